The third-order valence-electron chi connectivity index (χ3n) is 2.85. The fourth-order valence-electron chi connectivity index (χ4n) is 1.83. The third kappa shape index (κ3) is 2.91. The van der Waals surface area contributed by atoms with Crippen LogP contribution in [-0.2, 0) is 11.2 Å². The maximum absolute atomic E-state index is 12.2. The Balaban J connectivity index is 2.19. The minimum Gasteiger partial charge on any atom is -0.465 e. The zero-order valence-electron chi connectivity index (χ0n) is 11.5. The Morgan fingerprint density at radius 1 is 1.40 bits per heavy atom. The molecule has 0 radical (unpaired) electrons. The van der Waals surface area contributed by atoms with E-state index in [4.69, 9.17) is 0 Å². The van der Waals surface area contributed by atoms with Gasteiger partial charge < -0.3 is 10.1 Å². The normalized spacial score (nSPS) is 10.3. The van der Waals surface area contributed by atoms with Crippen LogP contribution in [0.5, 0.6) is 0 Å². The molecule has 0 aliphatic rings. The first kappa shape index (κ1) is 14.7. The Bertz CT molecular complexity index is 643. The largest absolute Gasteiger partial charge is 0.465 e. The average Bonchev–Trinajstić information content (AvgIpc) is 3.04. The Morgan fingerprint density at radius 2 is 2.15 bits per heavy atom. The standard InChI is InChI=1S/C14H15NO3S2/c1-4-10-8(2)7-11(20-10)13(16)15-9-5-6-19-12(9)14(17)18-3/h5-7H,4H2,1-3H3,(H,15,16). The van der Waals surface area contributed by atoms with Crippen molar-refractivity contribution in [3.05, 3.63) is 37.7 Å². The zero-order chi connectivity index (χ0) is 14.7. The van der Waals surface area contributed by atoms with Gasteiger partial charge >= 0.3 is 5.97 Å². The quantitative estimate of drug-likeness (QED) is 0.876. The first-order valence-corrected chi connectivity index (χ1v) is 7.82. The summed E-state index contributed by atoms with van der Waals surface area (Å²) in [7, 11) is 1.32. The molecule has 0 spiro atoms. The molecule has 0 saturated heterocycles. The van der Waals surface area contributed by atoms with Crippen LogP contribution < -0.4 is 5.32 Å². The molecule has 2 rings (SSSR count). The second kappa shape index (κ2) is 6.19. The van der Waals surface area contributed by atoms with Crippen LogP contribution in [0, 0.1) is 6.92 Å². The van der Waals surface area contributed by atoms with E-state index in [1.807, 2.05) is 13.0 Å². The predicted molar refractivity (Wildman–Crippen MR) is 82.0 cm³/mol. The van der Waals surface area contributed by atoms with E-state index in [0.717, 1.165) is 12.0 Å². The summed E-state index contributed by atoms with van der Waals surface area (Å²) in [5.74, 6) is -0.631. The summed E-state index contributed by atoms with van der Waals surface area (Å²) < 4.78 is 4.69. The minimum atomic E-state index is -0.438. The number of nitrogens with one attached hydrogen (secondary N) is 1. The smallest absolute Gasteiger partial charge is 0.350 e. The van der Waals surface area contributed by atoms with Crippen molar-refractivity contribution < 1.29 is 14.3 Å². The Labute approximate surface area is 125 Å². The molecule has 0 aliphatic carbocycles. The van der Waals surface area contributed by atoms with Crippen LogP contribution in [0.1, 0.15) is 36.7 Å². The number of hydrogen-bond acceptors (Lipinski definition) is 5. The van der Waals surface area contributed by atoms with E-state index in [1.165, 1.54) is 34.7 Å². The Kier molecular flexibility index (Phi) is 4.57. The molecule has 6 heteroatoms. The van der Waals surface area contributed by atoms with Crippen LogP contribution in [0.25, 0.3) is 0 Å². The summed E-state index contributed by atoms with van der Waals surface area (Å²) in [5.41, 5.74) is 1.62. The van der Waals surface area contributed by atoms with Crippen molar-refractivity contribution in [2.75, 3.05) is 12.4 Å². The number of ether oxygens (including phenoxy) is 1. The molecule has 0 unspecified atom stereocenters. The van der Waals surface area contributed by atoms with E-state index in [2.05, 4.69) is 17.0 Å². The van der Waals surface area contributed by atoms with Gasteiger partial charge in [-0.2, -0.15) is 0 Å². The monoisotopic (exact) mass is 309 g/mol. The van der Waals surface area contributed by atoms with E-state index in [1.54, 1.807) is 11.4 Å². The lowest BCUT2D eigenvalue weighted by molar-refractivity contribution is 0.0607. The molecule has 0 atom stereocenters. The number of methoxy groups -OCH3 is 1. The van der Waals surface area contributed by atoms with E-state index >= 15 is 0 Å². The molecular formula is C14H15NO3S2. The zero-order valence-corrected chi connectivity index (χ0v) is 13.1. The van der Waals surface area contributed by atoms with Gasteiger partial charge in [0.15, 0.2) is 0 Å². The van der Waals surface area contributed by atoms with Crippen molar-refractivity contribution in [3.8, 4) is 0 Å². The number of rotatable bonds is 4. The molecule has 0 bridgehead atoms. The molecule has 1 amide bonds. The van der Waals surface area contributed by atoms with Gasteiger partial charge in [-0.3, -0.25) is 4.79 Å². The Morgan fingerprint density at radius 3 is 2.75 bits per heavy atom. The van der Waals surface area contributed by atoms with Gasteiger partial charge in [0.1, 0.15) is 4.88 Å². The van der Waals surface area contributed by atoms with Gasteiger partial charge in [0, 0.05) is 4.88 Å². The number of aryl methyl sites for hydroxylation is 2. The van der Waals surface area contributed by atoms with Crippen LogP contribution in [0.15, 0.2) is 17.5 Å². The van der Waals surface area contributed by atoms with Crippen molar-refractivity contribution in [1.82, 2.24) is 0 Å². The summed E-state index contributed by atoms with van der Waals surface area (Å²) >= 11 is 2.73. The second-order valence-corrected chi connectivity index (χ2v) is 6.23. The molecule has 20 heavy (non-hydrogen) atoms. The minimum absolute atomic E-state index is 0.193. The molecule has 2 aromatic heterocycles. The highest BCUT2D eigenvalue weighted by molar-refractivity contribution is 7.14. The highest BCUT2D eigenvalue weighted by Gasteiger charge is 2.17. The molecule has 2 aromatic rings. The number of carbonyl (C=O) groups is 2. The van der Waals surface area contributed by atoms with Crippen molar-refractivity contribution >= 4 is 40.2 Å². The summed E-state index contributed by atoms with van der Waals surface area (Å²) in [6.07, 6.45) is 0.912. The van der Waals surface area contributed by atoms with Gasteiger partial charge in [-0.1, -0.05) is 6.92 Å². The number of thiophene rings is 2. The SMILES string of the molecule is CCc1sc(C(=O)Nc2ccsc2C(=O)OC)cc1C. The molecule has 0 aliphatic heterocycles. The second-order valence-electron chi connectivity index (χ2n) is 4.18. The van der Waals surface area contributed by atoms with Crippen molar-refractivity contribution in [1.29, 1.82) is 0 Å². The van der Waals surface area contributed by atoms with Crippen molar-refractivity contribution in [2.24, 2.45) is 0 Å². The van der Waals surface area contributed by atoms with Gasteiger partial charge in [-0.25, -0.2) is 4.79 Å². The summed E-state index contributed by atoms with van der Waals surface area (Å²) in [4.78, 5) is 26.0. The fourth-order valence-corrected chi connectivity index (χ4v) is 3.60. The maximum atomic E-state index is 12.2. The molecular weight excluding hydrogens is 294 g/mol. The summed E-state index contributed by atoms with van der Waals surface area (Å²) in [5, 5.41) is 4.52. The number of carbonyl (C=O) groups excluding carboxylic acids is 2. The highest BCUT2D eigenvalue weighted by atomic mass is 32.1. The van der Waals surface area contributed by atoms with E-state index in [9.17, 15) is 9.59 Å². The molecule has 0 fully saturated rings. The topological polar surface area (TPSA) is 55.4 Å². The summed E-state index contributed by atoms with van der Waals surface area (Å²) in [6, 6.07) is 3.58. The van der Waals surface area contributed by atoms with Crippen LogP contribution in [-0.4, -0.2) is 19.0 Å². The van der Waals surface area contributed by atoms with Gasteiger partial charge in [0.2, 0.25) is 0 Å². The van der Waals surface area contributed by atoms with E-state index in [-0.39, 0.29) is 5.91 Å². The number of esters is 1. The lowest BCUT2D eigenvalue weighted by Gasteiger charge is -2.03. The van der Waals surface area contributed by atoms with Crippen LogP contribution in [0.3, 0.4) is 0 Å². The number of hydrogen-bond donors (Lipinski definition) is 1. The predicted octanol–water partition coefficient (Wildman–Crippen LogP) is 3.72. The van der Waals surface area contributed by atoms with E-state index in [0.29, 0.717) is 15.4 Å². The van der Waals surface area contributed by atoms with Crippen molar-refractivity contribution in [3.63, 3.8) is 0 Å². The third-order valence-corrected chi connectivity index (χ3v) is 5.12. The Hall–Kier alpha value is -1.66. The lowest BCUT2D eigenvalue weighted by Crippen LogP contribution is -2.12. The fraction of sp³-hybridized carbons (Fsp3) is 0.286. The number of anilines is 1. The molecule has 2 heterocycles. The van der Waals surface area contributed by atoms with Gasteiger partial charge in [-0.15, -0.1) is 22.7 Å². The first-order chi connectivity index (χ1) is 9.56. The average molecular weight is 309 g/mol. The summed E-state index contributed by atoms with van der Waals surface area (Å²) in [6.45, 7) is 4.06. The molecule has 0 saturated carbocycles. The lowest BCUT2D eigenvalue weighted by atomic mass is 10.2. The van der Waals surface area contributed by atoms with Gasteiger partial charge in [0.05, 0.1) is 17.7 Å². The molecule has 4 nitrogen and oxygen atoms in total. The number of amides is 1. The van der Waals surface area contributed by atoms with Crippen LogP contribution in [0.4, 0.5) is 5.69 Å². The van der Waals surface area contributed by atoms with Crippen LogP contribution in [0.2, 0.25) is 0 Å². The van der Waals surface area contributed by atoms with Crippen molar-refractivity contribution in [2.45, 2.75) is 20.3 Å². The first-order valence-electron chi connectivity index (χ1n) is 6.13. The molecule has 1 N–H and O–H groups in total. The maximum Gasteiger partial charge on any atom is 0.350 e. The molecule has 106 valence electrons. The van der Waals surface area contributed by atoms with Gasteiger partial charge in [0.25, 0.3) is 5.91 Å². The van der Waals surface area contributed by atoms with E-state index < -0.39 is 5.97 Å². The van der Waals surface area contributed by atoms with Crippen LogP contribution >= 0.6 is 22.7 Å². The van der Waals surface area contributed by atoms with Gasteiger partial charge in [-0.05, 0) is 36.4 Å². The molecule has 0 aromatic carbocycles. The highest BCUT2D eigenvalue weighted by Crippen LogP contribution is 2.26.